The minimum Gasteiger partial charge on any atom is -0.349 e. The summed E-state index contributed by atoms with van der Waals surface area (Å²) in [7, 11) is 0. The molecule has 0 amide bonds. The lowest BCUT2D eigenvalue weighted by Gasteiger charge is -2.34. The van der Waals surface area contributed by atoms with Gasteiger partial charge in [-0.3, -0.25) is 0 Å². The Hall–Kier alpha value is -1.10. The van der Waals surface area contributed by atoms with Gasteiger partial charge in [0.05, 0.1) is 37.2 Å². The molecular weight excluding hydrogens is 192 g/mol. The van der Waals surface area contributed by atoms with Gasteiger partial charge in [-0.1, -0.05) is 0 Å². The molecule has 0 rings (SSSR count). The summed E-state index contributed by atoms with van der Waals surface area (Å²) in [4.78, 5) is 0. The van der Waals surface area contributed by atoms with Gasteiger partial charge in [-0.15, -0.1) is 0 Å². The molecule has 0 aromatic heterocycles. The van der Waals surface area contributed by atoms with Crippen molar-refractivity contribution in [3.63, 3.8) is 0 Å². The van der Waals surface area contributed by atoms with Gasteiger partial charge in [-0.25, -0.2) is 0 Å². The van der Waals surface area contributed by atoms with E-state index in [-0.39, 0.29) is 0 Å². The molecule has 0 aromatic carbocycles. The fraction of sp³-hybridized carbons (Fsp3) is 0.818. The number of hydrogen-bond acceptors (Lipinski definition) is 4. The molecule has 0 aliphatic carbocycles. The van der Waals surface area contributed by atoms with Crippen molar-refractivity contribution in [2.24, 2.45) is 0 Å². The van der Waals surface area contributed by atoms with Gasteiger partial charge in [0.1, 0.15) is 0 Å². The van der Waals surface area contributed by atoms with E-state index in [4.69, 9.17) is 20.0 Å². The quantitative estimate of drug-likeness (QED) is 0.498. The number of nitrogens with zero attached hydrogens (tertiary/aromatic N) is 2. The summed E-state index contributed by atoms with van der Waals surface area (Å²) in [5.41, 5.74) is -0.537. The Labute approximate surface area is 91.4 Å². The SMILES string of the molecule is CC(C)(CC#N)OC(C)(C)OCCC#N. The summed E-state index contributed by atoms with van der Waals surface area (Å²) in [6.07, 6.45) is 0.642. The second-order valence-corrected chi connectivity index (χ2v) is 4.35. The van der Waals surface area contributed by atoms with Crippen LogP contribution in [0.15, 0.2) is 0 Å². The third-order valence-electron chi connectivity index (χ3n) is 1.69. The summed E-state index contributed by atoms with van der Waals surface area (Å²) in [5.74, 6) is -0.767. The summed E-state index contributed by atoms with van der Waals surface area (Å²) in [6.45, 7) is 7.58. The van der Waals surface area contributed by atoms with Crippen LogP contribution in [0, 0.1) is 22.7 Å². The molecule has 0 saturated heterocycles. The zero-order valence-corrected chi connectivity index (χ0v) is 9.83. The van der Waals surface area contributed by atoms with E-state index in [2.05, 4.69) is 6.07 Å². The second kappa shape index (κ2) is 5.70. The number of ether oxygens (including phenoxy) is 2. The number of hydrogen-bond donors (Lipinski definition) is 0. The van der Waals surface area contributed by atoms with Crippen molar-refractivity contribution >= 4 is 0 Å². The van der Waals surface area contributed by atoms with Gasteiger partial charge in [0.2, 0.25) is 0 Å². The molecule has 0 spiro atoms. The van der Waals surface area contributed by atoms with Crippen molar-refractivity contribution in [3.8, 4) is 12.1 Å². The third kappa shape index (κ3) is 6.90. The van der Waals surface area contributed by atoms with E-state index in [1.165, 1.54) is 0 Å². The highest BCUT2D eigenvalue weighted by Gasteiger charge is 2.29. The van der Waals surface area contributed by atoms with Crippen molar-refractivity contribution in [2.45, 2.75) is 51.9 Å². The summed E-state index contributed by atoms with van der Waals surface area (Å²) in [5, 5.41) is 17.0. The van der Waals surface area contributed by atoms with Crippen molar-refractivity contribution in [1.82, 2.24) is 0 Å². The molecule has 0 fully saturated rings. The standard InChI is InChI=1S/C11H18N2O2/c1-10(2,6-8-13)15-11(3,4)14-9-5-7-12/h5-6,9H2,1-4H3. The number of rotatable bonds is 6. The van der Waals surface area contributed by atoms with Crippen LogP contribution >= 0.6 is 0 Å². The molecule has 0 atom stereocenters. The molecule has 0 aliphatic heterocycles. The zero-order valence-electron chi connectivity index (χ0n) is 9.83. The molecule has 0 unspecified atom stereocenters. The Bertz CT molecular complexity index is 271. The van der Waals surface area contributed by atoms with Gasteiger partial charge in [-0.05, 0) is 27.7 Å². The molecule has 0 heterocycles. The van der Waals surface area contributed by atoms with E-state index in [0.717, 1.165) is 0 Å². The normalized spacial score (nSPS) is 11.9. The number of nitriles is 2. The Kier molecular flexibility index (Phi) is 5.28. The molecule has 4 nitrogen and oxygen atoms in total. The smallest absolute Gasteiger partial charge is 0.163 e. The molecule has 4 heteroatoms. The van der Waals surface area contributed by atoms with Crippen LogP contribution in [0.3, 0.4) is 0 Å². The monoisotopic (exact) mass is 210 g/mol. The third-order valence-corrected chi connectivity index (χ3v) is 1.69. The zero-order chi connectivity index (χ0) is 11.9. The molecule has 0 N–H and O–H groups in total. The predicted octanol–water partition coefficient (Wildman–Crippen LogP) is 2.36. The van der Waals surface area contributed by atoms with E-state index in [1.807, 2.05) is 19.9 Å². The van der Waals surface area contributed by atoms with Gasteiger partial charge >= 0.3 is 0 Å². The summed E-state index contributed by atoms with van der Waals surface area (Å²) < 4.78 is 11.1. The van der Waals surface area contributed by atoms with Gasteiger partial charge in [0.25, 0.3) is 0 Å². The highest BCUT2D eigenvalue weighted by Crippen LogP contribution is 2.23. The summed E-state index contributed by atoms with van der Waals surface area (Å²) in [6, 6.07) is 4.06. The Morgan fingerprint density at radius 1 is 1.07 bits per heavy atom. The fourth-order valence-electron chi connectivity index (χ4n) is 1.26. The predicted molar refractivity (Wildman–Crippen MR) is 55.7 cm³/mol. The largest absolute Gasteiger partial charge is 0.349 e. The van der Waals surface area contributed by atoms with Gasteiger partial charge in [0.15, 0.2) is 5.79 Å². The van der Waals surface area contributed by atoms with E-state index in [1.54, 1.807) is 13.8 Å². The lowest BCUT2D eigenvalue weighted by molar-refractivity contribution is -0.260. The first-order valence-corrected chi connectivity index (χ1v) is 4.91. The molecule has 0 bridgehead atoms. The molecule has 0 aliphatic rings. The fourth-order valence-corrected chi connectivity index (χ4v) is 1.26. The molecule has 0 aromatic rings. The first-order chi connectivity index (χ1) is 6.83. The minimum absolute atomic E-state index is 0.304. The van der Waals surface area contributed by atoms with E-state index >= 15 is 0 Å². The van der Waals surface area contributed by atoms with Gasteiger partial charge in [-0.2, -0.15) is 10.5 Å². The maximum Gasteiger partial charge on any atom is 0.163 e. The van der Waals surface area contributed by atoms with E-state index in [0.29, 0.717) is 19.4 Å². The molecule has 0 saturated carbocycles. The minimum atomic E-state index is -0.767. The molecular formula is C11H18N2O2. The van der Waals surface area contributed by atoms with Crippen LogP contribution in [0.1, 0.15) is 40.5 Å². The topological polar surface area (TPSA) is 66.0 Å². The van der Waals surface area contributed by atoms with Gasteiger partial charge < -0.3 is 9.47 Å². The van der Waals surface area contributed by atoms with Crippen molar-refractivity contribution in [3.05, 3.63) is 0 Å². The maximum atomic E-state index is 8.60. The Balaban J connectivity index is 4.13. The Morgan fingerprint density at radius 3 is 2.13 bits per heavy atom. The van der Waals surface area contributed by atoms with Crippen LogP contribution < -0.4 is 0 Å². The average Bonchev–Trinajstić information content (AvgIpc) is 2.01. The van der Waals surface area contributed by atoms with Crippen LogP contribution in [-0.2, 0) is 9.47 Å². The van der Waals surface area contributed by atoms with Gasteiger partial charge in [0, 0.05) is 0 Å². The van der Waals surface area contributed by atoms with Crippen LogP contribution in [-0.4, -0.2) is 18.0 Å². The van der Waals surface area contributed by atoms with Crippen molar-refractivity contribution in [1.29, 1.82) is 10.5 Å². The highest BCUT2D eigenvalue weighted by molar-refractivity contribution is 4.84. The lowest BCUT2D eigenvalue weighted by Crippen LogP contribution is -2.39. The van der Waals surface area contributed by atoms with Crippen LogP contribution in [0.5, 0.6) is 0 Å². The van der Waals surface area contributed by atoms with Crippen LogP contribution in [0.4, 0.5) is 0 Å². The van der Waals surface area contributed by atoms with E-state index in [9.17, 15) is 0 Å². The average molecular weight is 210 g/mol. The molecule has 15 heavy (non-hydrogen) atoms. The molecule has 84 valence electrons. The Morgan fingerprint density at radius 2 is 1.67 bits per heavy atom. The lowest BCUT2D eigenvalue weighted by atomic mass is 10.1. The van der Waals surface area contributed by atoms with E-state index < -0.39 is 11.4 Å². The van der Waals surface area contributed by atoms with Crippen molar-refractivity contribution < 1.29 is 9.47 Å². The first kappa shape index (κ1) is 13.9. The highest BCUT2D eigenvalue weighted by atomic mass is 16.7. The first-order valence-electron chi connectivity index (χ1n) is 4.91. The van der Waals surface area contributed by atoms with Crippen LogP contribution in [0.2, 0.25) is 0 Å². The molecule has 0 radical (unpaired) electrons. The van der Waals surface area contributed by atoms with Crippen LogP contribution in [0.25, 0.3) is 0 Å². The maximum absolute atomic E-state index is 8.60. The second-order valence-electron chi connectivity index (χ2n) is 4.35. The summed E-state index contributed by atoms with van der Waals surface area (Å²) >= 11 is 0. The van der Waals surface area contributed by atoms with Crippen molar-refractivity contribution in [2.75, 3.05) is 6.61 Å².